The van der Waals surface area contributed by atoms with E-state index in [4.69, 9.17) is 4.84 Å². The average molecular weight is 265 g/mol. The molecule has 1 aromatic carbocycles. The Bertz CT molecular complexity index is 264. The van der Waals surface area contributed by atoms with Crippen LogP contribution in [-0.4, -0.2) is 13.1 Å². The molecule has 1 aliphatic rings. The molecule has 13 heavy (non-hydrogen) atoms. The number of hydrogen-bond donors (Lipinski definition) is 0. The first-order chi connectivity index (χ1) is 5.47. The van der Waals surface area contributed by atoms with E-state index in [0.717, 1.165) is 5.69 Å². The van der Waals surface area contributed by atoms with Crippen molar-refractivity contribution in [3.63, 3.8) is 0 Å². The first-order valence-electron chi connectivity index (χ1n) is 3.35. The molecular formula is C9H10N2ORh. The summed E-state index contributed by atoms with van der Waals surface area (Å²) in [5.74, 6) is 0. The van der Waals surface area contributed by atoms with Gasteiger partial charge >= 0.3 is 19.5 Å². The molecule has 0 aliphatic carbocycles. The molecule has 2 rings (SSSR count). The molecule has 1 aromatic rings. The molecule has 0 bridgehead atoms. The van der Waals surface area contributed by atoms with Gasteiger partial charge in [0, 0.05) is 0 Å². The van der Waals surface area contributed by atoms with Gasteiger partial charge in [-0.3, -0.25) is 0 Å². The van der Waals surface area contributed by atoms with Crippen LogP contribution in [0.3, 0.4) is 0 Å². The van der Waals surface area contributed by atoms with Crippen molar-refractivity contribution in [3.05, 3.63) is 37.8 Å². The van der Waals surface area contributed by atoms with Crippen molar-refractivity contribution >= 4 is 12.0 Å². The molecule has 1 radical (unpaired) electrons. The molecule has 0 amide bonds. The average Bonchev–Trinajstić information content (AvgIpc) is 2.58. The van der Waals surface area contributed by atoms with Gasteiger partial charge in [-0.05, 0) is 0 Å². The van der Waals surface area contributed by atoms with E-state index in [2.05, 4.69) is 11.2 Å². The standard InChI is InChI=1S/C8H7N2O.CH3.Rh/c1-2-4-8(5-3-1)10-6-9-11-7-10;;/h1-4,6H,7H2;1H3;/q2*-1;+2. The third-order valence-electron chi connectivity index (χ3n) is 1.46. The van der Waals surface area contributed by atoms with Gasteiger partial charge in [-0.2, -0.15) is 24.3 Å². The Balaban J connectivity index is 0.000000720. The fourth-order valence-electron chi connectivity index (χ4n) is 0.913. The predicted octanol–water partition coefficient (Wildman–Crippen LogP) is 1.67. The van der Waals surface area contributed by atoms with E-state index in [0.29, 0.717) is 6.73 Å². The van der Waals surface area contributed by atoms with Gasteiger partial charge in [-0.1, -0.05) is 10.8 Å². The number of hydrogen-bond acceptors (Lipinski definition) is 3. The van der Waals surface area contributed by atoms with Crippen molar-refractivity contribution in [2.45, 2.75) is 0 Å². The van der Waals surface area contributed by atoms with Crippen LogP contribution < -0.4 is 4.90 Å². The minimum atomic E-state index is 0. The van der Waals surface area contributed by atoms with Crippen LogP contribution in [0.5, 0.6) is 0 Å². The smallest absolute Gasteiger partial charge is 0.372 e. The number of rotatable bonds is 1. The zero-order valence-corrected chi connectivity index (χ0v) is 8.87. The fourth-order valence-corrected chi connectivity index (χ4v) is 0.913. The molecule has 1 heterocycles. The second-order valence-electron chi connectivity index (χ2n) is 2.20. The summed E-state index contributed by atoms with van der Waals surface area (Å²) in [6.45, 7) is 0.487. The van der Waals surface area contributed by atoms with Gasteiger partial charge in [0.2, 0.25) is 0 Å². The van der Waals surface area contributed by atoms with E-state index >= 15 is 0 Å². The Morgan fingerprint density at radius 3 is 2.85 bits per heavy atom. The molecule has 71 valence electrons. The molecule has 0 spiro atoms. The molecule has 0 N–H and O–H groups in total. The maximum absolute atomic E-state index is 4.79. The minimum Gasteiger partial charge on any atom is -0.372 e. The van der Waals surface area contributed by atoms with Gasteiger partial charge in [0.25, 0.3) is 0 Å². The predicted molar refractivity (Wildman–Crippen MR) is 48.6 cm³/mol. The van der Waals surface area contributed by atoms with Crippen molar-refractivity contribution in [3.8, 4) is 0 Å². The summed E-state index contributed by atoms with van der Waals surface area (Å²) in [6.07, 6.45) is 1.64. The second kappa shape index (κ2) is 5.71. The molecule has 0 unspecified atom stereocenters. The zero-order valence-electron chi connectivity index (χ0n) is 7.23. The van der Waals surface area contributed by atoms with Crippen molar-refractivity contribution in [1.82, 2.24) is 0 Å². The summed E-state index contributed by atoms with van der Waals surface area (Å²) in [4.78, 5) is 6.66. The monoisotopic (exact) mass is 265 g/mol. The quantitative estimate of drug-likeness (QED) is 0.570. The van der Waals surface area contributed by atoms with E-state index < -0.39 is 0 Å². The second-order valence-corrected chi connectivity index (χ2v) is 2.20. The van der Waals surface area contributed by atoms with Crippen LogP contribution in [0.15, 0.2) is 29.4 Å². The Kier molecular flexibility index (Phi) is 5.32. The van der Waals surface area contributed by atoms with Crippen molar-refractivity contribution in [1.29, 1.82) is 0 Å². The number of benzene rings is 1. The summed E-state index contributed by atoms with van der Waals surface area (Å²) < 4.78 is 0. The van der Waals surface area contributed by atoms with Gasteiger partial charge in [0.1, 0.15) is 6.34 Å². The molecule has 0 atom stereocenters. The number of oxime groups is 1. The number of para-hydroxylation sites is 1. The van der Waals surface area contributed by atoms with Crippen LogP contribution in [-0.2, 0) is 24.3 Å². The van der Waals surface area contributed by atoms with Gasteiger partial charge in [-0.25, -0.2) is 0 Å². The van der Waals surface area contributed by atoms with Gasteiger partial charge in [0.05, 0.1) is 0 Å². The SMILES string of the molecule is [CH3-].[Rh+2].[c-]1ccccc1N1C=NOC1. The molecule has 0 saturated carbocycles. The Labute approximate surface area is 91.1 Å². The Morgan fingerprint density at radius 1 is 1.46 bits per heavy atom. The molecular weight excluding hydrogens is 255 g/mol. The normalized spacial score (nSPS) is 12.8. The van der Waals surface area contributed by atoms with E-state index in [-0.39, 0.29) is 26.9 Å². The first-order valence-corrected chi connectivity index (χ1v) is 3.35. The van der Waals surface area contributed by atoms with E-state index in [9.17, 15) is 0 Å². The van der Waals surface area contributed by atoms with Gasteiger partial charge in [0.15, 0.2) is 6.73 Å². The van der Waals surface area contributed by atoms with Gasteiger partial charge < -0.3 is 17.2 Å². The number of nitrogens with zero attached hydrogens (tertiary/aromatic N) is 2. The van der Waals surface area contributed by atoms with Gasteiger partial charge in [-0.15, -0.1) is 6.07 Å². The summed E-state index contributed by atoms with van der Waals surface area (Å²) in [7, 11) is 0. The first kappa shape index (κ1) is 12.1. The Hall–Kier alpha value is -0.887. The molecule has 1 aliphatic heterocycles. The summed E-state index contributed by atoms with van der Waals surface area (Å²) in [5.41, 5.74) is 0.980. The Morgan fingerprint density at radius 2 is 2.31 bits per heavy atom. The molecule has 0 aromatic heterocycles. The van der Waals surface area contributed by atoms with Crippen LogP contribution in [0, 0.1) is 13.5 Å². The third kappa shape index (κ3) is 2.81. The summed E-state index contributed by atoms with van der Waals surface area (Å²) in [6, 6.07) is 10.8. The third-order valence-corrected chi connectivity index (χ3v) is 1.46. The number of anilines is 1. The van der Waals surface area contributed by atoms with E-state index in [1.54, 1.807) is 6.34 Å². The minimum absolute atomic E-state index is 0. The molecule has 0 fully saturated rings. The van der Waals surface area contributed by atoms with Crippen LogP contribution in [0.25, 0.3) is 0 Å². The summed E-state index contributed by atoms with van der Waals surface area (Å²) >= 11 is 0. The van der Waals surface area contributed by atoms with Crippen molar-refractivity contribution in [2.75, 3.05) is 11.6 Å². The van der Waals surface area contributed by atoms with Crippen molar-refractivity contribution < 1.29 is 24.3 Å². The zero-order chi connectivity index (χ0) is 7.52. The molecule has 0 saturated heterocycles. The van der Waals surface area contributed by atoms with Crippen LogP contribution >= 0.6 is 0 Å². The van der Waals surface area contributed by atoms with E-state index in [1.165, 1.54) is 0 Å². The largest absolute Gasteiger partial charge is 2.00 e. The van der Waals surface area contributed by atoms with Crippen LogP contribution in [0.4, 0.5) is 5.69 Å². The summed E-state index contributed by atoms with van der Waals surface area (Å²) in [5, 5.41) is 3.62. The molecule has 4 heteroatoms. The van der Waals surface area contributed by atoms with Crippen LogP contribution in [0.2, 0.25) is 0 Å². The molecule has 3 nitrogen and oxygen atoms in total. The fraction of sp³-hybridized carbons (Fsp3) is 0.111. The maximum Gasteiger partial charge on any atom is 2.00 e. The van der Waals surface area contributed by atoms with E-state index in [1.807, 2.05) is 29.2 Å². The topological polar surface area (TPSA) is 24.8 Å². The van der Waals surface area contributed by atoms with Crippen LogP contribution in [0.1, 0.15) is 0 Å². The van der Waals surface area contributed by atoms with Crippen molar-refractivity contribution in [2.24, 2.45) is 5.16 Å². The maximum atomic E-state index is 4.79.